The smallest absolute Gasteiger partial charge is 0.245 e. The number of aryl methyl sites for hydroxylation is 1. The first-order valence-corrected chi connectivity index (χ1v) is 10.1. The summed E-state index contributed by atoms with van der Waals surface area (Å²) in [6, 6.07) is 14.5. The van der Waals surface area contributed by atoms with Crippen molar-refractivity contribution in [3.63, 3.8) is 0 Å². The van der Waals surface area contributed by atoms with E-state index in [1.807, 2.05) is 32.9 Å². The molecule has 0 radical (unpaired) electrons. The van der Waals surface area contributed by atoms with Crippen LogP contribution < -0.4 is 11.1 Å². The molecule has 1 aliphatic rings. The van der Waals surface area contributed by atoms with E-state index in [1.165, 1.54) is 16.4 Å². The van der Waals surface area contributed by atoms with Gasteiger partial charge in [-0.2, -0.15) is 0 Å². The lowest BCUT2D eigenvalue weighted by Gasteiger charge is -2.57. The van der Waals surface area contributed by atoms with Gasteiger partial charge < -0.3 is 20.4 Å². The van der Waals surface area contributed by atoms with Crippen LogP contribution >= 0.6 is 12.4 Å². The Labute approximate surface area is 178 Å². The minimum atomic E-state index is -0.931. The number of ether oxygens (including phenoxy) is 1. The first-order chi connectivity index (χ1) is 13.3. The molecule has 1 saturated carbocycles. The Bertz CT molecular complexity index is 1060. The van der Waals surface area contributed by atoms with Gasteiger partial charge in [0.05, 0.1) is 6.10 Å². The third kappa shape index (κ3) is 3.12. The van der Waals surface area contributed by atoms with Gasteiger partial charge in [-0.3, -0.25) is 4.79 Å². The van der Waals surface area contributed by atoms with Gasteiger partial charge in [0.25, 0.3) is 0 Å². The number of fused-ring (bicyclic) bond motifs is 3. The zero-order valence-corrected chi connectivity index (χ0v) is 18.3. The highest BCUT2D eigenvalue weighted by atomic mass is 35.5. The molecule has 5 nitrogen and oxygen atoms in total. The Kier molecular flexibility index (Phi) is 5.69. The maximum atomic E-state index is 13.0. The molecule has 1 aromatic heterocycles. The number of hydrogen-bond donors (Lipinski definition) is 2. The summed E-state index contributed by atoms with van der Waals surface area (Å²) < 4.78 is 8.04. The van der Waals surface area contributed by atoms with E-state index in [1.54, 1.807) is 0 Å². The van der Waals surface area contributed by atoms with Gasteiger partial charge in [-0.05, 0) is 38.1 Å². The molecule has 2 atom stereocenters. The second kappa shape index (κ2) is 7.63. The second-order valence-electron chi connectivity index (χ2n) is 8.29. The Balaban J connectivity index is 0.00000240. The summed E-state index contributed by atoms with van der Waals surface area (Å²) in [6.45, 7) is 9.66. The predicted molar refractivity (Wildman–Crippen MR) is 122 cm³/mol. The van der Waals surface area contributed by atoms with E-state index < -0.39 is 11.0 Å². The molecule has 1 fully saturated rings. The van der Waals surface area contributed by atoms with E-state index in [2.05, 4.69) is 47.1 Å². The third-order valence-electron chi connectivity index (χ3n) is 6.58. The van der Waals surface area contributed by atoms with E-state index in [4.69, 9.17) is 10.5 Å². The first-order valence-electron chi connectivity index (χ1n) is 10.1. The Morgan fingerprint density at radius 1 is 1.17 bits per heavy atom. The van der Waals surface area contributed by atoms with Crippen LogP contribution in [-0.4, -0.2) is 28.7 Å². The van der Waals surface area contributed by atoms with E-state index in [-0.39, 0.29) is 24.4 Å². The summed E-state index contributed by atoms with van der Waals surface area (Å²) in [5.74, 6) is -0.146. The number of halogens is 1. The molecular weight excluding hydrogens is 386 g/mol. The zero-order valence-electron chi connectivity index (χ0n) is 17.5. The Morgan fingerprint density at radius 3 is 2.52 bits per heavy atom. The van der Waals surface area contributed by atoms with Gasteiger partial charge in [0.15, 0.2) is 0 Å². The van der Waals surface area contributed by atoms with E-state index in [9.17, 15) is 4.79 Å². The fourth-order valence-corrected chi connectivity index (χ4v) is 4.54. The highest BCUT2D eigenvalue weighted by Crippen LogP contribution is 2.50. The molecular formula is C23H30ClN3O2. The Hall–Kier alpha value is -2.08. The summed E-state index contributed by atoms with van der Waals surface area (Å²) in [5, 5.41) is 5.39. The lowest BCUT2D eigenvalue weighted by Crippen LogP contribution is -2.74. The molecule has 156 valence electrons. The second-order valence-corrected chi connectivity index (χ2v) is 8.29. The van der Waals surface area contributed by atoms with Crippen molar-refractivity contribution in [3.05, 3.63) is 42.5 Å². The fourth-order valence-electron chi connectivity index (χ4n) is 4.54. The number of hydrogen-bond acceptors (Lipinski definition) is 3. The molecule has 0 bridgehead atoms. The largest absolute Gasteiger partial charge is 0.378 e. The van der Waals surface area contributed by atoms with Gasteiger partial charge in [-0.15, -0.1) is 12.4 Å². The first kappa shape index (κ1) is 21.6. The van der Waals surface area contributed by atoms with Crippen molar-refractivity contribution in [3.8, 4) is 0 Å². The number of para-hydroxylation sites is 1. The quantitative estimate of drug-likeness (QED) is 0.634. The molecule has 1 amide bonds. The lowest BCUT2D eigenvalue weighted by atomic mass is 9.54. The highest BCUT2D eigenvalue weighted by Gasteiger charge is 2.62. The van der Waals surface area contributed by atoms with Crippen LogP contribution in [0.25, 0.3) is 21.8 Å². The minimum Gasteiger partial charge on any atom is -0.378 e. The van der Waals surface area contributed by atoms with Crippen molar-refractivity contribution in [2.75, 3.05) is 11.9 Å². The van der Waals surface area contributed by atoms with Crippen LogP contribution in [0.1, 0.15) is 34.1 Å². The molecule has 3 N–H and O–H groups in total. The van der Waals surface area contributed by atoms with Crippen LogP contribution in [0.15, 0.2) is 42.5 Å². The molecule has 1 heterocycles. The number of carbonyl (C=O) groups is 1. The van der Waals surface area contributed by atoms with E-state index in [0.29, 0.717) is 13.0 Å². The summed E-state index contributed by atoms with van der Waals surface area (Å²) in [5.41, 5.74) is 8.34. The zero-order chi connectivity index (χ0) is 20.1. The minimum absolute atomic E-state index is 0. The maximum Gasteiger partial charge on any atom is 0.245 e. The van der Waals surface area contributed by atoms with Gasteiger partial charge >= 0.3 is 0 Å². The number of benzene rings is 2. The number of nitrogens with zero attached hydrogens (tertiary/aromatic N) is 1. The SMILES string of the molecule is CCOC1CC(N)(C(=O)Nc2ccc3c(c2)c2ccccc2n3CC)C1(C)C.Cl. The monoisotopic (exact) mass is 415 g/mol. The fraction of sp³-hybridized carbons (Fsp3) is 0.435. The van der Waals surface area contributed by atoms with Crippen LogP contribution in [0.4, 0.5) is 5.69 Å². The highest BCUT2D eigenvalue weighted by molar-refractivity contribution is 6.10. The van der Waals surface area contributed by atoms with Crippen molar-refractivity contribution in [2.45, 2.75) is 52.3 Å². The summed E-state index contributed by atoms with van der Waals surface area (Å²) in [6.07, 6.45) is 0.551. The van der Waals surface area contributed by atoms with Crippen LogP contribution in [0.2, 0.25) is 0 Å². The standard InChI is InChI=1S/C23H29N3O2.ClH/c1-5-26-18-10-8-7-9-16(18)17-13-15(11-12-19(17)26)25-21(27)23(24)14-20(28-6-2)22(23,3)4;/h7-13,20H,5-6,14,24H2,1-4H3,(H,25,27);1H. The molecule has 0 spiro atoms. The van der Waals surface area contributed by atoms with E-state index >= 15 is 0 Å². The number of rotatable bonds is 5. The Morgan fingerprint density at radius 2 is 1.86 bits per heavy atom. The van der Waals surface area contributed by atoms with Gasteiger partial charge in [0.1, 0.15) is 5.54 Å². The molecule has 3 aromatic rings. The number of amides is 1. The van der Waals surface area contributed by atoms with Gasteiger partial charge in [-0.1, -0.05) is 32.0 Å². The average molecular weight is 416 g/mol. The molecule has 1 aliphatic carbocycles. The topological polar surface area (TPSA) is 69.3 Å². The third-order valence-corrected chi connectivity index (χ3v) is 6.58. The van der Waals surface area contributed by atoms with Crippen molar-refractivity contribution in [2.24, 2.45) is 11.1 Å². The van der Waals surface area contributed by atoms with Crippen LogP contribution in [-0.2, 0) is 16.1 Å². The number of nitrogens with one attached hydrogen (secondary N) is 1. The van der Waals surface area contributed by atoms with Crippen molar-refractivity contribution < 1.29 is 9.53 Å². The number of anilines is 1. The predicted octanol–water partition coefficient (Wildman–Crippen LogP) is 4.71. The van der Waals surface area contributed by atoms with Gasteiger partial charge in [0, 0.05) is 52.5 Å². The molecule has 0 aliphatic heterocycles. The summed E-state index contributed by atoms with van der Waals surface area (Å²) in [7, 11) is 0. The number of carbonyl (C=O) groups excluding carboxylic acids is 1. The van der Waals surface area contributed by atoms with E-state index in [0.717, 1.165) is 17.6 Å². The van der Waals surface area contributed by atoms with Crippen LogP contribution in [0.5, 0.6) is 0 Å². The molecule has 2 unspecified atom stereocenters. The van der Waals surface area contributed by atoms with Gasteiger partial charge in [-0.25, -0.2) is 0 Å². The van der Waals surface area contributed by atoms with Crippen molar-refractivity contribution in [1.82, 2.24) is 4.57 Å². The summed E-state index contributed by atoms with van der Waals surface area (Å²) >= 11 is 0. The van der Waals surface area contributed by atoms with Crippen LogP contribution in [0.3, 0.4) is 0 Å². The van der Waals surface area contributed by atoms with Crippen LogP contribution in [0, 0.1) is 5.41 Å². The summed E-state index contributed by atoms with van der Waals surface area (Å²) in [4.78, 5) is 13.0. The maximum absolute atomic E-state index is 13.0. The average Bonchev–Trinajstić information content (AvgIpc) is 3.00. The molecule has 2 aromatic carbocycles. The molecule has 29 heavy (non-hydrogen) atoms. The van der Waals surface area contributed by atoms with Crippen molar-refractivity contribution in [1.29, 1.82) is 0 Å². The molecule has 6 heteroatoms. The number of nitrogens with two attached hydrogens (primary N) is 1. The molecule has 4 rings (SSSR count). The normalized spacial score (nSPS) is 22.9. The van der Waals surface area contributed by atoms with Crippen molar-refractivity contribution >= 4 is 45.8 Å². The number of aromatic nitrogens is 1. The lowest BCUT2D eigenvalue weighted by molar-refractivity contribution is -0.166. The van der Waals surface area contributed by atoms with Gasteiger partial charge in [0.2, 0.25) is 5.91 Å². The molecule has 0 saturated heterocycles.